The first kappa shape index (κ1) is 7.35. The highest BCUT2D eigenvalue weighted by molar-refractivity contribution is 9.10. The molecule has 0 radical (unpaired) electrons. The third kappa shape index (κ3) is 1.33. The summed E-state index contributed by atoms with van der Waals surface area (Å²) in [5.41, 5.74) is 0.788. The van der Waals surface area contributed by atoms with Crippen molar-refractivity contribution in [3.05, 3.63) is 29.5 Å². The summed E-state index contributed by atoms with van der Waals surface area (Å²) in [6.07, 6.45) is 6.52. The van der Waals surface area contributed by atoms with E-state index in [1.165, 1.54) is 6.33 Å². The van der Waals surface area contributed by atoms with Gasteiger partial charge in [0.25, 0.3) is 0 Å². The second kappa shape index (κ2) is 2.98. The van der Waals surface area contributed by atoms with E-state index in [1.54, 1.807) is 23.3 Å². The fourth-order valence-electron chi connectivity index (χ4n) is 0.779. The first-order valence-electron chi connectivity index (χ1n) is 3.19. The molecule has 0 spiro atoms. The van der Waals surface area contributed by atoms with Crippen molar-refractivity contribution in [3.8, 4) is 5.69 Å². The van der Waals surface area contributed by atoms with Gasteiger partial charge in [-0.3, -0.25) is 0 Å². The average molecular weight is 226 g/mol. The highest BCUT2D eigenvalue weighted by Gasteiger charge is 1.98. The van der Waals surface area contributed by atoms with Crippen LogP contribution >= 0.6 is 15.9 Å². The summed E-state index contributed by atoms with van der Waals surface area (Å²) < 4.78 is 2.27. The number of hydrogen-bond acceptors (Lipinski definition) is 4. The first-order chi connectivity index (χ1) is 5.86. The topological polar surface area (TPSA) is 56.5 Å². The van der Waals surface area contributed by atoms with Crippen molar-refractivity contribution in [1.29, 1.82) is 0 Å². The van der Waals surface area contributed by atoms with Gasteiger partial charge in [0.2, 0.25) is 0 Å². The van der Waals surface area contributed by atoms with Crippen LogP contribution in [0.4, 0.5) is 0 Å². The number of nitrogens with zero attached hydrogens (tertiary/aromatic N) is 5. The Morgan fingerprint density at radius 1 is 1.25 bits per heavy atom. The summed E-state index contributed by atoms with van der Waals surface area (Å²) in [7, 11) is 0. The van der Waals surface area contributed by atoms with E-state index in [0.717, 1.165) is 5.69 Å². The van der Waals surface area contributed by atoms with Crippen LogP contribution < -0.4 is 0 Å². The molecule has 0 saturated carbocycles. The Kier molecular flexibility index (Phi) is 1.83. The summed E-state index contributed by atoms with van der Waals surface area (Å²) in [5, 5.41) is 7.59. The van der Waals surface area contributed by atoms with E-state index in [4.69, 9.17) is 0 Å². The van der Waals surface area contributed by atoms with Crippen molar-refractivity contribution in [1.82, 2.24) is 25.0 Å². The van der Waals surface area contributed by atoms with Gasteiger partial charge in [-0.25, -0.2) is 14.6 Å². The number of halogens is 1. The predicted octanol–water partition coefficient (Wildman–Crippen LogP) is 0.820. The number of aromatic nitrogens is 5. The van der Waals surface area contributed by atoms with E-state index in [2.05, 4.69) is 36.2 Å². The zero-order valence-corrected chi connectivity index (χ0v) is 7.51. The smallest absolute Gasteiger partial charge is 0.148 e. The predicted molar refractivity (Wildman–Crippen MR) is 44.6 cm³/mol. The van der Waals surface area contributed by atoms with Crippen LogP contribution in [0.5, 0.6) is 0 Å². The van der Waals surface area contributed by atoms with Gasteiger partial charge >= 0.3 is 0 Å². The molecule has 0 aromatic carbocycles. The molecule has 2 heterocycles. The quantitative estimate of drug-likeness (QED) is 0.722. The fourth-order valence-corrected chi connectivity index (χ4v) is 1.04. The monoisotopic (exact) mass is 225 g/mol. The second-order valence-corrected chi connectivity index (χ2v) is 2.89. The number of rotatable bonds is 1. The Morgan fingerprint density at radius 2 is 2.00 bits per heavy atom. The van der Waals surface area contributed by atoms with Gasteiger partial charge in [-0.15, -0.1) is 5.10 Å². The van der Waals surface area contributed by atoms with Crippen LogP contribution in [-0.2, 0) is 0 Å². The first-order valence-corrected chi connectivity index (χ1v) is 3.99. The van der Waals surface area contributed by atoms with Gasteiger partial charge < -0.3 is 0 Å². The molecule has 6 heteroatoms. The maximum absolute atomic E-state index is 3.86. The Morgan fingerprint density at radius 3 is 2.58 bits per heavy atom. The lowest BCUT2D eigenvalue weighted by Gasteiger charge is -1.94. The largest absolute Gasteiger partial charge is 0.243 e. The molecule has 0 amide bonds. The van der Waals surface area contributed by atoms with Gasteiger partial charge in [0.1, 0.15) is 16.6 Å². The number of hydrogen-bond donors (Lipinski definition) is 0. The van der Waals surface area contributed by atoms with Gasteiger partial charge in [0, 0.05) is 0 Å². The van der Waals surface area contributed by atoms with Crippen molar-refractivity contribution in [2.24, 2.45) is 0 Å². The lowest BCUT2D eigenvalue weighted by Crippen LogP contribution is -1.95. The SMILES string of the molecule is Brc1cn(-c2cncnc2)nn1. The zero-order valence-electron chi connectivity index (χ0n) is 5.92. The van der Waals surface area contributed by atoms with Crippen molar-refractivity contribution < 1.29 is 0 Å². The average Bonchev–Trinajstić information content (AvgIpc) is 2.54. The summed E-state index contributed by atoms with van der Waals surface area (Å²) in [6.45, 7) is 0. The van der Waals surface area contributed by atoms with E-state index >= 15 is 0 Å². The van der Waals surface area contributed by atoms with Crippen LogP contribution in [0.1, 0.15) is 0 Å². The molecule has 0 bridgehead atoms. The fraction of sp³-hybridized carbons (Fsp3) is 0. The molecule has 0 aliphatic carbocycles. The molecule has 2 rings (SSSR count). The zero-order chi connectivity index (χ0) is 8.39. The molecule has 12 heavy (non-hydrogen) atoms. The van der Waals surface area contributed by atoms with Crippen LogP contribution in [0.15, 0.2) is 29.5 Å². The minimum Gasteiger partial charge on any atom is -0.243 e. The molecule has 0 unspecified atom stereocenters. The highest BCUT2D eigenvalue weighted by Crippen LogP contribution is 2.06. The van der Waals surface area contributed by atoms with Crippen LogP contribution in [0.2, 0.25) is 0 Å². The van der Waals surface area contributed by atoms with E-state index in [0.29, 0.717) is 4.60 Å². The maximum Gasteiger partial charge on any atom is 0.148 e. The van der Waals surface area contributed by atoms with Crippen molar-refractivity contribution >= 4 is 15.9 Å². The molecule has 0 aliphatic heterocycles. The van der Waals surface area contributed by atoms with E-state index in [9.17, 15) is 0 Å². The third-order valence-corrected chi connectivity index (χ3v) is 1.64. The van der Waals surface area contributed by atoms with Crippen LogP contribution in [0, 0.1) is 0 Å². The van der Waals surface area contributed by atoms with Crippen molar-refractivity contribution in [2.45, 2.75) is 0 Å². The Hall–Kier alpha value is -1.30. The lowest BCUT2D eigenvalue weighted by molar-refractivity contribution is 0.793. The third-order valence-electron chi connectivity index (χ3n) is 1.28. The van der Waals surface area contributed by atoms with Crippen LogP contribution in [0.25, 0.3) is 5.69 Å². The van der Waals surface area contributed by atoms with Gasteiger partial charge in [0.05, 0.1) is 18.6 Å². The highest BCUT2D eigenvalue weighted by atomic mass is 79.9. The van der Waals surface area contributed by atoms with Gasteiger partial charge in [-0.05, 0) is 15.9 Å². The molecule has 0 saturated heterocycles. The van der Waals surface area contributed by atoms with E-state index < -0.39 is 0 Å². The van der Waals surface area contributed by atoms with E-state index in [1.807, 2.05) is 0 Å². The molecule has 0 N–H and O–H groups in total. The van der Waals surface area contributed by atoms with E-state index in [-0.39, 0.29) is 0 Å². The summed E-state index contributed by atoms with van der Waals surface area (Å²) in [5.74, 6) is 0. The standard InChI is InChI=1S/C6H4BrN5/c7-6-3-12(11-10-6)5-1-8-4-9-2-5/h1-4H. The molecular formula is C6H4BrN5. The summed E-state index contributed by atoms with van der Waals surface area (Å²) in [6, 6.07) is 0. The molecule has 0 fully saturated rings. The van der Waals surface area contributed by atoms with Gasteiger partial charge in [0.15, 0.2) is 0 Å². The maximum atomic E-state index is 3.86. The molecule has 5 nitrogen and oxygen atoms in total. The molecule has 0 atom stereocenters. The van der Waals surface area contributed by atoms with Crippen LogP contribution in [-0.4, -0.2) is 25.0 Å². The molecule has 0 aliphatic rings. The second-order valence-electron chi connectivity index (χ2n) is 2.08. The molecular weight excluding hydrogens is 222 g/mol. The Bertz CT molecular complexity index is 370. The van der Waals surface area contributed by atoms with Gasteiger partial charge in [-0.1, -0.05) is 5.21 Å². The van der Waals surface area contributed by atoms with Crippen molar-refractivity contribution in [2.75, 3.05) is 0 Å². The summed E-state index contributed by atoms with van der Waals surface area (Å²) in [4.78, 5) is 7.71. The Balaban J connectivity index is 2.45. The minimum absolute atomic E-state index is 0.686. The molecule has 2 aromatic heterocycles. The van der Waals surface area contributed by atoms with Crippen molar-refractivity contribution in [3.63, 3.8) is 0 Å². The summed E-state index contributed by atoms with van der Waals surface area (Å²) >= 11 is 3.19. The normalized spacial score (nSPS) is 10.1. The minimum atomic E-state index is 0.686. The lowest BCUT2D eigenvalue weighted by atomic mass is 10.5. The molecule has 2 aromatic rings. The Labute approximate surface area is 76.6 Å². The van der Waals surface area contributed by atoms with Gasteiger partial charge in [-0.2, -0.15) is 0 Å². The molecule has 60 valence electrons. The van der Waals surface area contributed by atoms with Crippen LogP contribution in [0.3, 0.4) is 0 Å².